The van der Waals surface area contributed by atoms with E-state index in [9.17, 15) is 4.79 Å². The molecular weight excluding hydrogens is 281 g/mol. The van der Waals surface area contributed by atoms with Crippen LogP contribution >= 0.6 is 36.2 Å². The van der Waals surface area contributed by atoms with Crippen molar-refractivity contribution >= 4 is 42.1 Å². The van der Waals surface area contributed by atoms with Crippen LogP contribution in [0.25, 0.3) is 0 Å². The summed E-state index contributed by atoms with van der Waals surface area (Å²) in [5.74, 6) is -0.122. The highest BCUT2D eigenvalue weighted by atomic mass is 35.5. The summed E-state index contributed by atoms with van der Waals surface area (Å²) in [6, 6.07) is -0.107. The lowest BCUT2D eigenvalue weighted by atomic mass is 10.0. The molecule has 0 aliphatic heterocycles. The van der Waals surface area contributed by atoms with E-state index in [0.717, 1.165) is 11.4 Å². The Labute approximate surface area is 118 Å². The second-order valence-corrected chi connectivity index (χ2v) is 4.59. The van der Waals surface area contributed by atoms with Crippen molar-refractivity contribution in [1.29, 1.82) is 0 Å². The highest BCUT2D eigenvalue weighted by Crippen LogP contribution is 2.04. The molecule has 100 valence electrons. The van der Waals surface area contributed by atoms with E-state index in [1.54, 1.807) is 17.5 Å². The summed E-state index contributed by atoms with van der Waals surface area (Å²) in [7, 11) is 0. The molecule has 7 heteroatoms. The molecule has 0 radical (unpaired) electrons. The van der Waals surface area contributed by atoms with Crippen LogP contribution in [-0.4, -0.2) is 23.5 Å². The number of thiazole rings is 1. The van der Waals surface area contributed by atoms with Crippen molar-refractivity contribution in [3.8, 4) is 0 Å². The fraction of sp³-hybridized carbons (Fsp3) is 0.600. The summed E-state index contributed by atoms with van der Waals surface area (Å²) >= 11 is 1.60. The normalized spacial score (nSPS) is 12.9. The highest BCUT2D eigenvalue weighted by molar-refractivity contribution is 7.09. The fourth-order valence-corrected chi connectivity index (χ4v) is 1.69. The van der Waals surface area contributed by atoms with Crippen LogP contribution in [0.4, 0.5) is 0 Å². The molecule has 0 fully saturated rings. The molecule has 0 spiro atoms. The SMILES string of the molecule is CC(N)C(C)C(=O)NCCc1nccs1.Cl.Cl. The average Bonchev–Trinajstić information content (AvgIpc) is 2.69. The number of hydrogen-bond donors (Lipinski definition) is 2. The van der Waals surface area contributed by atoms with Crippen LogP contribution < -0.4 is 11.1 Å². The molecule has 0 saturated heterocycles. The van der Waals surface area contributed by atoms with Crippen molar-refractivity contribution in [2.24, 2.45) is 11.7 Å². The van der Waals surface area contributed by atoms with Crippen molar-refractivity contribution in [1.82, 2.24) is 10.3 Å². The molecule has 1 heterocycles. The maximum absolute atomic E-state index is 11.5. The van der Waals surface area contributed by atoms with Gasteiger partial charge >= 0.3 is 0 Å². The summed E-state index contributed by atoms with van der Waals surface area (Å²) in [6.45, 7) is 4.30. The van der Waals surface area contributed by atoms with E-state index in [2.05, 4.69) is 10.3 Å². The monoisotopic (exact) mass is 299 g/mol. The Kier molecular flexibility index (Phi) is 10.8. The number of carbonyl (C=O) groups is 1. The minimum absolute atomic E-state index is 0. The molecule has 0 saturated carbocycles. The molecule has 17 heavy (non-hydrogen) atoms. The number of hydrogen-bond acceptors (Lipinski definition) is 4. The number of nitrogens with zero attached hydrogens (tertiary/aromatic N) is 1. The Morgan fingerprint density at radius 1 is 1.53 bits per heavy atom. The van der Waals surface area contributed by atoms with Gasteiger partial charge in [0.25, 0.3) is 0 Å². The van der Waals surface area contributed by atoms with E-state index in [0.29, 0.717) is 6.54 Å². The number of rotatable bonds is 5. The molecule has 2 atom stereocenters. The molecular formula is C10H19Cl2N3OS. The van der Waals surface area contributed by atoms with Gasteiger partial charge in [0.1, 0.15) is 0 Å². The Morgan fingerprint density at radius 2 is 2.18 bits per heavy atom. The van der Waals surface area contributed by atoms with Gasteiger partial charge in [0.2, 0.25) is 5.91 Å². The van der Waals surface area contributed by atoms with Gasteiger partial charge in [-0.1, -0.05) is 6.92 Å². The molecule has 0 aromatic carbocycles. The fourth-order valence-electron chi connectivity index (χ4n) is 1.07. The smallest absolute Gasteiger partial charge is 0.224 e. The van der Waals surface area contributed by atoms with E-state index < -0.39 is 0 Å². The van der Waals surface area contributed by atoms with E-state index >= 15 is 0 Å². The zero-order chi connectivity index (χ0) is 11.3. The highest BCUT2D eigenvalue weighted by Gasteiger charge is 2.16. The van der Waals surface area contributed by atoms with Crippen molar-refractivity contribution in [2.45, 2.75) is 26.3 Å². The number of aromatic nitrogens is 1. The zero-order valence-electron chi connectivity index (χ0n) is 9.88. The Hall–Kier alpha value is -0.360. The second-order valence-electron chi connectivity index (χ2n) is 3.61. The van der Waals surface area contributed by atoms with Crippen LogP contribution in [-0.2, 0) is 11.2 Å². The molecule has 0 bridgehead atoms. The molecule has 1 aromatic rings. The van der Waals surface area contributed by atoms with E-state index in [1.165, 1.54) is 0 Å². The third-order valence-corrected chi connectivity index (χ3v) is 3.16. The Balaban J connectivity index is 0. The molecule has 2 unspecified atom stereocenters. The van der Waals surface area contributed by atoms with Crippen LogP contribution in [0.3, 0.4) is 0 Å². The van der Waals surface area contributed by atoms with Gasteiger partial charge in [0.05, 0.1) is 5.01 Å². The molecule has 1 amide bonds. The number of halogens is 2. The van der Waals surface area contributed by atoms with Gasteiger partial charge in [-0.25, -0.2) is 4.98 Å². The van der Waals surface area contributed by atoms with Gasteiger partial charge in [0.15, 0.2) is 0 Å². The van der Waals surface area contributed by atoms with Gasteiger partial charge < -0.3 is 11.1 Å². The first-order valence-corrected chi connectivity index (χ1v) is 5.91. The molecule has 1 rings (SSSR count). The van der Waals surface area contributed by atoms with Crippen molar-refractivity contribution < 1.29 is 4.79 Å². The second kappa shape index (κ2) is 9.65. The zero-order valence-corrected chi connectivity index (χ0v) is 12.3. The summed E-state index contributed by atoms with van der Waals surface area (Å²) in [5, 5.41) is 5.83. The van der Waals surface area contributed by atoms with Crippen LogP contribution in [0.1, 0.15) is 18.9 Å². The van der Waals surface area contributed by atoms with Crippen LogP contribution in [0.5, 0.6) is 0 Å². The number of nitrogens with two attached hydrogens (primary N) is 1. The van der Waals surface area contributed by atoms with Crippen molar-refractivity contribution in [3.63, 3.8) is 0 Å². The van der Waals surface area contributed by atoms with Gasteiger partial charge in [-0.3, -0.25) is 4.79 Å². The third kappa shape index (κ3) is 6.83. The van der Waals surface area contributed by atoms with Gasteiger partial charge in [-0.05, 0) is 6.92 Å². The standard InChI is InChI=1S/C10H17N3OS.2ClH/c1-7(8(2)11)10(14)13-4-3-9-12-5-6-15-9;;/h5-8H,3-4,11H2,1-2H3,(H,13,14);2*1H. The Morgan fingerprint density at radius 3 is 2.65 bits per heavy atom. The molecule has 3 N–H and O–H groups in total. The molecule has 0 aliphatic carbocycles. The number of carbonyl (C=O) groups excluding carboxylic acids is 1. The Bertz CT molecular complexity index is 307. The van der Waals surface area contributed by atoms with Crippen molar-refractivity contribution in [2.75, 3.05) is 6.54 Å². The molecule has 4 nitrogen and oxygen atoms in total. The quantitative estimate of drug-likeness (QED) is 0.868. The topological polar surface area (TPSA) is 68.0 Å². The summed E-state index contributed by atoms with van der Waals surface area (Å²) in [4.78, 5) is 15.6. The lowest BCUT2D eigenvalue weighted by Crippen LogP contribution is -2.39. The lowest BCUT2D eigenvalue weighted by molar-refractivity contribution is -0.124. The van der Waals surface area contributed by atoms with Gasteiger partial charge in [0, 0.05) is 36.5 Å². The first kappa shape index (κ1) is 19.0. The predicted octanol–water partition coefficient (Wildman–Crippen LogP) is 1.63. The number of amides is 1. The predicted molar refractivity (Wildman–Crippen MR) is 76.1 cm³/mol. The van der Waals surface area contributed by atoms with Crippen LogP contribution in [0.15, 0.2) is 11.6 Å². The third-order valence-electron chi connectivity index (χ3n) is 2.32. The van der Waals surface area contributed by atoms with Crippen LogP contribution in [0, 0.1) is 5.92 Å². The van der Waals surface area contributed by atoms with Crippen molar-refractivity contribution in [3.05, 3.63) is 16.6 Å². The maximum atomic E-state index is 11.5. The van der Waals surface area contributed by atoms with E-state index in [4.69, 9.17) is 5.73 Å². The summed E-state index contributed by atoms with van der Waals surface area (Å²) in [5.41, 5.74) is 5.63. The summed E-state index contributed by atoms with van der Waals surface area (Å²) < 4.78 is 0. The first-order valence-electron chi connectivity index (χ1n) is 5.03. The molecule has 0 aliphatic rings. The largest absolute Gasteiger partial charge is 0.355 e. The van der Waals surface area contributed by atoms with E-state index in [1.807, 2.05) is 19.2 Å². The summed E-state index contributed by atoms with van der Waals surface area (Å²) in [6.07, 6.45) is 2.56. The van der Waals surface area contributed by atoms with Crippen LogP contribution in [0.2, 0.25) is 0 Å². The maximum Gasteiger partial charge on any atom is 0.224 e. The lowest BCUT2D eigenvalue weighted by Gasteiger charge is -2.14. The molecule has 1 aromatic heterocycles. The minimum atomic E-state index is -0.138. The van der Waals surface area contributed by atoms with E-state index in [-0.39, 0.29) is 42.7 Å². The average molecular weight is 300 g/mol. The minimum Gasteiger partial charge on any atom is -0.355 e. The van der Waals surface area contributed by atoms with Gasteiger partial charge in [-0.15, -0.1) is 36.2 Å². The van der Waals surface area contributed by atoms with Gasteiger partial charge in [-0.2, -0.15) is 0 Å². The number of nitrogens with one attached hydrogen (secondary N) is 1. The first-order chi connectivity index (χ1) is 7.11.